The van der Waals surface area contributed by atoms with Crippen molar-refractivity contribution in [3.63, 3.8) is 0 Å². The van der Waals surface area contributed by atoms with Crippen LogP contribution in [0.15, 0.2) is 21.8 Å². The molecule has 0 aliphatic rings. The minimum absolute atomic E-state index is 0.0926. The Bertz CT molecular complexity index is 338. The molecule has 1 heterocycles. The van der Waals surface area contributed by atoms with E-state index in [2.05, 4.69) is 20.9 Å². The van der Waals surface area contributed by atoms with Gasteiger partial charge in [-0.25, -0.2) is 4.98 Å². The Balaban J connectivity index is 3.37. The second-order valence-electron chi connectivity index (χ2n) is 3.56. The summed E-state index contributed by atoms with van der Waals surface area (Å²) in [6, 6.07) is 0. The van der Waals surface area contributed by atoms with Gasteiger partial charge in [0.25, 0.3) is 5.56 Å². The first kappa shape index (κ1) is 9.45. The molecule has 0 bridgehead atoms. The van der Waals surface area contributed by atoms with Crippen LogP contribution in [-0.4, -0.2) is 9.55 Å². The van der Waals surface area contributed by atoms with Gasteiger partial charge in [0.05, 0.1) is 0 Å². The highest BCUT2D eigenvalue weighted by atomic mass is 79.9. The lowest BCUT2D eigenvalue weighted by atomic mass is 10.1. The third-order valence-electron chi connectivity index (χ3n) is 1.52. The molecule has 0 fully saturated rings. The maximum absolute atomic E-state index is 11.5. The smallest absolute Gasteiger partial charge is 0.284 e. The molecule has 1 aromatic rings. The molecule has 0 N–H and O–H groups in total. The Morgan fingerprint density at radius 2 is 2.08 bits per heavy atom. The van der Waals surface area contributed by atoms with E-state index in [-0.39, 0.29) is 11.1 Å². The molecule has 0 saturated heterocycles. The summed E-state index contributed by atoms with van der Waals surface area (Å²) in [4.78, 5) is 15.3. The van der Waals surface area contributed by atoms with Gasteiger partial charge in [-0.05, 0) is 36.7 Å². The minimum Gasteiger partial charge on any atom is -0.306 e. The van der Waals surface area contributed by atoms with Crippen LogP contribution < -0.4 is 5.56 Å². The lowest BCUT2D eigenvalue weighted by molar-refractivity contribution is 0.381. The van der Waals surface area contributed by atoms with Gasteiger partial charge in [0.1, 0.15) is 0 Å². The Labute approximate surface area is 79.6 Å². The summed E-state index contributed by atoms with van der Waals surface area (Å²) in [6.45, 7) is 5.92. The van der Waals surface area contributed by atoms with Gasteiger partial charge in [-0.1, -0.05) is 0 Å². The van der Waals surface area contributed by atoms with Gasteiger partial charge in [-0.15, -0.1) is 0 Å². The molecule has 0 atom stereocenters. The van der Waals surface area contributed by atoms with Crippen LogP contribution >= 0.6 is 15.9 Å². The maximum atomic E-state index is 11.5. The van der Waals surface area contributed by atoms with Crippen molar-refractivity contribution >= 4 is 15.9 Å². The normalized spacial score (nSPS) is 11.7. The van der Waals surface area contributed by atoms with E-state index in [0.29, 0.717) is 4.60 Å². The minimum atomic E-state index is -0.192. The van der Waals surface area contributed by atoms with Gasteiger partial charge in [0.2, 0.25) is 0 Å². The molecule has 0 amide bonds. The predicted octanol–water partition coefficient (Wildman–Crippen LogP) is 1.76. The van der Waals surface area contributed by atoms with Gasteiger partial charge >= 0.3 is 0 Å². The number of hydrogen-bond acceptors (Lipinski definition) is 2. The van der Waals surface area contributed by atoms with Crippen molar-refractivity contribution in [2.75, 3.05) is 0 Å². The monoisotopic (exact) mass is 230 g/mol. The van der Waals surface area contributed by atoms with Gasteiger partial charge in [0, 0.05) is 17.9 Å². The lowest BCUT2D eigenvalue weighted by Gasteiger charge is -2.21. The van der Waals surface area contributed by atoms with Crippen molar-refractivity contribution in [1.82, 2.24) is 9.55 Å². The Morgan fingerprint density at radius 3 is 2.50 bits per heavy atom. The highest BCUT2D eigenvalue weighted by Crippen LogP contribution is 2.10. The molecule has 4 heteroatoms. The zero-order valence-electron chi connectivity index (χ0n) is 7.34. The largest absolute Gasteiger partial charge is 0.306 e. The zero-order chi connectivity index (χ0) is 9.35. The van der Waals surface area contributed by atoms with Gasteiger partial charge < -0.3 is 4.57 Å². The van der Waals surface area contributed by atoms with Crippen molar-refractivity contribution in [2.45, 2.75) is 26.3 Å². The fourth-order valence-electron chi connectivity index (χ4n) is 0.916. The fourth-order valence-corrected chi connectivity index (χ4v) is 1.23. The van der Waals surface area contributed by atoms with Crippen molar-refractivity contribution < 1.29 is 0 Å². The van der Waals surface area contributed by atoms with E-state index in [1.807, 2.05) is 20.8 Å². The standard InChI is InChI=1S/C8H11BrN2O/c1-8(2,3)11-5-4-10-6(9)7(11)12/h4-5H,1-3H3. The topological polar surface area (TPSA) is 34.9 Å². The third kappa shape index (κ3) is 1.75. The van der Waals surface area contributed by atoms with Crippen molar-refractivity contribution in [3.05, 3.63) is 27.4 Å². The Morgan fingerprint density at radius 1 is 1.50 bits per heavy atom. The second-order valence-corrected chi connectivity index (χ2v) is 4.32. The molecule has 0 aliphatic carbocycles. The summed E-state index contributed by atoms with van der Waals surface area (Å²) >= 11 is 3.09. The predicted molar refractivity (Wildman–Crippen MR) is 51.2 cm³/mol. The molecular weight excluding hydrogens is 220 g/mol. The van der Waals surface area contributed by atoms with Gasteiger partial charge in [0.15, 0.2) is 4.60 Å². The number of aromatic nitrogens is 2. The third-order valence-corrected chi connectivity index (χ3v) is 2.07. The first-order valence-corrected chi connectivity index (χ1v) is 4.46. The molecule has 0 aromatic carbocycles. The summed E-state index contributed by atoms with van der Waals surface area (Å²) < 4.78 is 2.00. The summed E-state index contributed by atoms with van der Waals surface area (Å²) in [5.41, 5.74) is -0.285. The molecule has 0 saturated carbocycles. The highest BCUT2D eigenvalue weighted by Gasteiger charge is 2.15. The average molecular weight is 231 g/mol. The molecule has 1 rings (SSSR count). The maximum Gasteiger partial charge on any atom is 0.284 e. The van der Waals surface area contributed by atoms with Crippen LogP contribution in [-0.2, 0) is 5.54 Å². The van der Waals surface area contributed by atoms with E-state index in [0.717, 1.165) is 0 Å². The van der Waals surface area contributed by atoms with Gasteiger partial charge in [-0.3, -0.25) is 4.79 Å². The fraction of sp³-hybridized carbons (Fsp3) is 0.500. The first-order valence-electron chi connectivity index (χ1n) is 3.66. The molecule has 0 aliphatic heterocycles. The first-order chi connectivity index (χ1) is 5.43. The van der Waals surface area contributed by atoms with Crippen LogP contribution in [0.1, 0.15) is 20.8 Å². The molecule has 1 aromatic heterocycles. The van der Waals surface area contributed by atoms with Crippen molar-refractivity contribution in [3.8, 4) is 0 Å². The van der Waals surface area contributed by atoms with Crippen LogP contribution in [0.2, 0.25) is 0 Å². The van der Waals surface area contributed by atoms with E-state index in [4.69, 9.17) is 0 Å². The summed E-state index contributed by atoms with van der Waals surface area (Å²) in [6.07, 6.45) is 3.30. The zero-order valence-corrected chi connectivity index (χ0v) is 8.92. The molecule has 12 heavy (non-hydrogen) atoms. The van der Waals surface area contributed by atoms with E-state index in [1.54, 1.807) is 17.0 Å². The number of hydrogen-bond donors (Lipinski definition) is 0. The van der Waals surface area contributed by atoms with E-state index in [9.17, 15) is 4.79 Å². The summed E-state index contributed by atoms with van der Waals surface area (Å²) in [7, 11) is 0. The lowest BCUT2D eigenvalue weighted by Crippen LogP contribution is -2.33. The summed E-state index contributed by atoms with van der Waals surface area (Å²) in [5, 5.41) is 0. The Hall–Kier alpha value is -0.640. The SMILES string of the molecule is CC(C)(C)n1ccnc(Br)c1=O. The van der Waals surface area contributed by atoms with Crippen LogP contribution in [0.4, 0.5) is 0 Å². The van der Waals surface area contributed by atoms with Crippen molar-refractivity contribution in [1.29, 1.82) is 0 Å². The van der Waals surface area contributed by atoms with Crippen LogP contribution in [0.5, 0.6) is 0 Å². The molecule has 66 valence electrons. The van der Waals surface area contributed by atoms with Crippen LogP contribution in [0.25, 0.3) is 0 Å². The average Bonchev–Trinajstić information content (AvgIpc) is 1.92. The molecule has 0 unspecified atom stereocenters. The summed E-state index contributed by atoms with van der Waals surface area (Å²) in [5.74, 6) is 0. The number of nitrogens with zero attached hydrogens (tertiary/aromatic N) is 2. The molecule has 0 radical (unpaired) electrons. The molecule has 3 nitrogen and oxygen atoms in total. The van der Waals surface area contributed by atoms with E-state index < -0.39 is 0 Å². The van der Waals surface area contributed by atoms with Crippen LogP contribution in [0.3, 0.4) is 0 Å². The quantitative estimate of drug-likeness (QED) is 0.681. The highest BCUT2D eigenvalue weighted by molar-refractivity contribution is 9.10. The van der Waals surface area contributed by atoms with Crippen LogP contribution in [0, 0.1) is 0 Å². The molecular formula is C8H11BrN2O. The van der Waals surface area contributed by atoms with E-state index >= 15 is 0 Å². The van der Waals surface area contributed by atoms with Gasteiger partial charge in [-0.2, -0.15) is 0 Å². The van der Waals surface area contributed by atoms with Crippen molar-refractivity contribution in [2.24, 2.45) is 0 Å². The molecule has 0 spiro atoms. The number of rotatable bonds is 0. The van der Waals surface area contributed by atoms with E-state index in [1.165, 1.54) is 0 Å². The number of halogens is 1. The second kappa shape index (κ2) is 3.01. The Kier molecular flexibility index (Phi) is 2.37.